The average molecular weight is 226 g/mol. The molecule has 89 valence electrons. The van der Waals surface area contributed by atoms with Gasteiger partial charge in [-0.05, 0) is 42.8 Å². The van der Waals surface area contributed by atoms with Crippen molar-refractivity contribution in [1.82, 2.24) is 4.90 Å². The normalized spacial score (nSPS) is 13.2. The van der Waals surface area contributed by atoms with Crippen molar-refractivity contribution in [3.05, 3.63) is 54.4 Å². The summed E-state index contributed by atoms with van der Waals surface area (Å²) in [4.78, 5) is 2.23. The Morgan fingerprint density at radius 3 is 2.53 bits per heavy atom. The van der Waals surface area contributed by atoms with Gasteiger partial charge in [0.2, 0.25) is 0 Å². The molecule has 0 amide bonds. The van der Waals surface area contributed by atoms with Gasteiger partial charge in [-0.3, -0.25) is 0 Å². The van der Waals surface area contributed by atoms with Crippen LogP contribution in [0, 0.1) is 12.3 Å². The van der Waals surface area contributed by atoms with Gasteiger partial charge in [-0.2, -0.15) is 0 Å². The van der Waals surface area contributed by atoms with Gasteiger partial charge in [0.1, 0.15) is 0 Å². The molecule has 2 aromatic carbocycles. The van der Waals surface area contributed by atoms with Crippen molar-refractivity contribution in [3.8, 4) is 0 Å². The molecule has 0 saturated heterocycles. The van der Waals surface area contributed by atoms with Gasteiger partial charge in [-0.15, -0.1) is 0 Å². The molecule has 0 bridgehead atoms. The number of hydrogen-bond acceptors (Lipinski definition) is 1. The molecule has 1 nitrogen and oxygen atoms in total. The van der Waals surface area contributed by atoms with Crippen LogP contribution in [0.4, 0.5) is 0 Å². The highest BCUT2D eigenvalue weighted by Gasteiger charge is 2.07. The van der Waals surface area contributed by atoms with Gasteiger partial charge < -0.3 is 4.90 Å². The zero-order valence-corrected chi connectivity index (χ0v) is 10.9. The minimum Gasteiger partial charge on any atom is -0.309 e. The summed E-state index contributed by atoms with van der Waals surface area (Å²) in [5, 5.41) is 2.67. The predicted octanol–water partition coefficient (Wildman–Crippen LogP) is 3.59. The molecule has 0 fully saturated rings. The van der Waals surface area contributed by atoms with Crippen LogP contribution >= 0.6 is 0 Å². The van der Waals surface area contributed by atoms with Gasteiger partial charge in [-0.25, -0.2) is 0 Å². The fraction of sp³-hybridized carbons (Fsp3) is 0.312. The van der Waals surface area contributed by atoms with E-state index in [2.05, 4.69) is 74.8 Å². The Balaban J connectivity index is 2.24. The molecule has 0 spiro atoms. The maximum Gasteiger partial charge on any atom is 0.000699 e. The summed E-state index contributed by atoms with van der Waals surface area (Å²) in [6.07, 6.45) is 2.36. The van der Waals surface area contributed by atoms with Crippen molar-refractivity contribution < 1.29 is 0 Å². The molecule has 0 aromatic heterocycles. The monoisotopic (exact) mass is 226 g/mol. The molecule has 0 saturated carbocycles. The number of rotatable bonds is 4. The van der Waals surface area contributed by atoms with E-state index >= 15 is 0 Å². The fourth-order valence-corrected chi connectivity index (χ4v) is 2.33. The van der Waals surface area contributed by atoms with E-state index in [4.69, 9.17) is 0 Å². The molecule has 0 aliphatic heterocycles. The first-order chi connectivity index (χ1) is 8.16. The third-order valence-electron chi connectivity index (χ3n) is 2.94. The molecule has 0 N–H and O–H groups in total. The van der Waals surface area contributed by atoms with E-state index in [9.17, 15) is 0 Å². The molecule has 1 unspecified atom stereocenters. The fourth-order valence-electron chi connectivity index (χ4n) is 2.33. The molecule has 0 heterocycles. The van der Waals surface area contributed by atoms with Crippen LogP contribution in [-0.4, -0.2) is 25.5 Å². The Labute approximate surface area is 104 Å². The largest absolute Gasteiger partial charge is 0.309 e. The van der Waals surface area contributed by atoms with Gasteiger partial charge in [0, 0.05) is 6.54 Å². The van der Waals surface area contributed by atoms with Gasteiger partial charge >= 0.3 is 0 Å². The van der Waals surface area contributed by atoms with Crippen molar-refractivity contribution in [3.63, 3.8) is 0 Å². The van der Waals surface area contributed by atoms with E-state index in [1.165, 1.54) is 16.3 Å². The van der Waals surface area contributed by atoms with Crippen molar-refractivity contribution in [2.75, 3.05) is 20.6 Å². The molecule has 2 rings (SSSR count). The van der Waals surface area contributed by atoms with E-state index in [1.807, 2.05) is 0 Å². The van der Waals surface area contributed by atoms with Gasteiger partial charge in [-0.1, -0.05) is 49.4 Å². The summed E-state index contributed by atoms with van der Waals surface area (Å²) >= 11 is 0. The van der Waals surface area contributed by atoms with Crippen LogP contribution in [0.1, 0.15) is 12.5 Å². The van der Waals surface area contributed by atoms with Gasteiger partial charge in [0.25, 0.3) is 0 Å². The summed E-state index contributed by atoms with van der Waals surface area (Å²) in [7, 11) is 4.24. The summed E-state index contributed by atoms with van der Waals surface area (Å²) in [6, 6.07) is 15.1. The SMILES string of the molecule is CC([CH]c1cccc2ccccc12)CN(C)C. The summed E-state index contributed by atoms with van der Waals surface area (Å²) < 4.78 is 0. The maximum atomic E-state index is 2.36. The molecule has 0 aliphatic rings. The number of hydrogen-bond donors (Lipinski definition) is 0. The molecule has 1 radical (unpaired) electrons. The molecule has 2 aromatic rings. The van der Waals surface area contributed by atoms with E-state index in [-0.39, 0.29) is 0 Å². The van der Waals surface area contributed by atoms with Crippen LogP contribution in [0.15, 0.2) is 42.5 Å². The van der Waals surface area contributed by atoms with E-state index < -0.39 is 0 Å². The van der Waals surface area contributed by atoms with Crippen LogP contribution in [0.3, 0.4) is 0 Å². The highest BCUT2D eigenvalue weighted by Crippen LogP contribution is 2.22. The first-order valence-corrected chi connectivity index (χ1v) is 6.14. The van der Waals surface area contributed by atoms with Gasteiger partial charge in [0.15, 0.2) is 0 Å². The molecule has 1 heteroatoms. The molecule has 17 heavy (non-hydrogen) atoms. The third-order valence-corrected chi connectivity index (χ3v) is 2.94. The highest BCUT2D eigenvalue weighted by molar-refractivity contribution is 5.86. The van der Waals surface area contributed by atoms with Crippen LogP contribution in [0.5, 0.6) is 0 Å². The average Bonchev–Trinajstić information content (AvgIpc) is 2.28. The number of nitrogens with zero attached hydrogens (tertiary/aromatic N) is 1. The van der Waals surface area contributed by atoms with Crippen molar-refractivity contribution in [2.24, 2.45) is 5.92 Å². The lowest BCUT2D eigenvalue weighted by molar-refractivity contribution is 0.363. The lowest BCUT2D eigenvalue weighted by Crippen LogP contribution is -2.20. The lowest BCUT2D eigenvalue weighted by Gasteiger charge is -2.17. The zero-order chi connectivity index (χ0) is 12.3. The molecular formula is C16H20N. The zero-order valence-electron chi connectivity index (χ0n) is 10.9. The third kappa shape index (κ3) is 3.07. The Morgan fingerprint density at radius 2 is 1.76 bits per heavy atom. The number of fused-ring (bicyclic) bond motifs is 1. The first kappa shape index (κ1) is 12.1. The highest BCUT2D eigenvalue weighted by atomic mass is 15.1. The smallest absolute Gasteiger partial charge is 0.000699 e. The minimum atomic E-state index is 0.566. The Bertz CT molecular complexity index is 482. The molecular weight excluding hydrogens is 206 g/mol. The number of benzene rings is 2. The second-order valence-corrected chi connectivity index (χ2v) is 4.97. The predicted molar refractivity (Wildman–Crippen MR) is 75.1 cm³/mol. The molecule has 0 aliphatic carbocycles. The topological polar surface area (TPSA) is 3.24 Å². The standard InChI is InChI=1S/C16H20N/c1-13(12-17(2)3)11-15-9-6-8-14-7-4-5-10-16(14)15/h4-11,13H,12H2,1-3H3. The van der Waals surface area contributed by atoms with Crippen LogP contribution in [-0.2, 0) is 0 Å². The lowest BCUT2D eigenvalue weighted by atomic mass is 9.96. The van der Waals surface area contributed by atoms with E-state index in [1.54, 1.807) is 0 Å². The van der Waals surface area contributed by atoms with Gasteiger partial charge in [0.05, 0.1) is 0 Å². The van der Waals surface area contributed by atoms with Crippen LogP contribution in [0.2, 0.25) is 0 Å². The Kier molecular flexibility index (Phi) is 3.80. The van der Waals surface area contributed by atoms with Crippen molar-refractivity contribution in [1.29, 1.82) is 0 Å². The molecule has 1 atom stereocenters. The maximum absolute atomic E-state index is 2.36. The quantitative estimate of drug-likeness (QED) is 0.770. The summed E-state index contributed by atoms with van der Waals surface area (Å²) in [5.41, 5.74) is 1.34. The van der Waals surface area contributed by atoms with E-state index in [0.717, 1.165) is 6.54 Å². The first-order valence-electron chi connectivity index (χ1n) is 6.14. The second kappa shape index (κ2) is 5.33. The second-order valence-electron chi connectivity index (χ2n) is 4.97. The van der Waals surface area contributed by atoms with Crippen molar-refractivity contribution in [2.45, 2.75) is 6.92 Å². The van der Waals surface area contributed by atoms with E-state index in [0.29, 0.717) is 5.92 Å². The Hall–Kier alpha value is -1.34. The summed E-state index contributed by atoms with van der Waals surface area (Å²) in [5.74, 6) is 0.566. The van der Waals surface area contributed by atoms with Crippen LogP contribution in [0.25, 0.3) is 10.8 Å². The van der Waals surface area contributed by atoms with Crippen molar-refractivity contribution >= 4 is 10.8 Å². The Morgan fingerprint density at radius 1 is 1.06 bits per heavy atom. The summed E-state index contributed by atoms with van der Waals surface area (Å²) in [6.45, 7) is 3.35. The minimum absolute atomic E-state index is 0.566. The van der Waals surface area contributed by atoms with Crippen LogP contribution < -0.4 is 0 Å².